The summed E-state index contributed by atoms with van der Waals surface area (Å²) in [7, 11) is -2.45. The fourth-order valence-corrected chi connectivity index (χ4v) is 5.05. The molecule has 170 valence electrons. The monoisotopic (exact) mass is 466 g/mol. The van der Waals surface area contributed by atoms with Crippen LogP contribution in [0.3, 0.4) is 0 Å². The summed E-state index contributed by atoms with van der Waals surface area (Å²) in [6.45, 7) is 4.10. The van der Waals surface area contributed by atoms with Gasteiger partial charge in [0.2, 0.25) is 16.8 Å². The van der Waals surface area contributed by atoms with E-state index >= 15 is 0 Å². The maximum absolute atomic E-state index is 13.2. The number of nitrogens with one attached hydrogen (secondary N) is 1. The maximum atomic E-state index is 13.2. The molecule has 3 heterocycles. The van der Waals surface area contributed by atoms with Crippen LogP contribution in [0, 0.1) is 13.8 Å². The summed E-state index contributed by atoms with van der Waals surface area (Å²) in [6.07, 6.45) is 1.69. The smallest absolute Gasteiger partial charge is 0.244 e. The zero-order chi connectivity index (χ0) is 23.2. The van der Waals surface area contributed by atoms with Crippen molar-refractivity contribution in [2.45, 2.75) is 25.3 Å². The molecule has 5 rings (SSSR count). The van der Waals surface area contributed by atoms with Gasteiger partial charge in [0, 0.05) is 23.5 Å². The van der Waals surface area contributed by atoms with Gasteiger partial charge >= 0.3 is 0 Å². The highest BCUT2D eigenvalue weighted by atomic mass is 32.2. The molecule has 0 aliphatic carbocycles. The molecular formula is C23H22N4O5S. The van der Waals surface area contributed by atoms with Crippen molar-refractivity contribution < 1.29 is 22.6 Å². The number of sulfonamides is 1. The number of aryl methyl sites for hydroxylation is 2. The van der Waals surface area contributed by atoms with Crippen molar-refractivity contribution in [3.05, 3.63) is 65.6 Å². The zero-order valence-corrected chi connectivity index (χ0v) is 19.1. The van der Waals surface area contributed by atoms with Crippen molar-refractivity contribution in [3.8, 4) is 28.4 Å². The Morgan fingerprint density at radius 2 is 1.91 bits per heavy atom. The molecule has 1 N–H and O–H groups in total. The summed E-state index contributed by atoms with van der Waals surface area (Å²) in [5.74, 6) is 1.48. The molecule has 9 nitrogen and oxygen atoms in total. The van der Waals surface area contributed by atoms with Crippen LogP contribution in [0.25, 0.3) is 16.8 Å². The van der Waals surface area contributed by atoms with Crippen LogP contribution in [0.4, 0.5) is 0 Å². The number of fused-ring (bicyclic) bond motifs is 2. The number of rotatable bonds is 6. The Balaban J connectivity index is 1.49. The van der Waals surface area contributed by atoms with Crippen molar-refractivity contribution in [2.24, 2.45) is 0 Å². The first-order valence-corrected chi connectivity index (χ1v) is 11.7. The Morgan fingerprint density at radius 1 is 1.09 bits per heavy atom. The second kappa shape index (κ2) is 8.05. The quantitative estimate of drug-likeness (QED) is 0.465. The second-order valence-corrected chi connectivity index (χ2v) is 9.45. The molecule has 0 unspecified atom stereocenters. The van der Waals surface area contributed by atoms with E-state index in [9.17, 15) is 8.42 Å². The molecule has 1 aliphatic heterocycles. The highest BCUT2D eigenvalue weighted by Gasteiger charge is 2.22. The lowest BCUT2D eigenvalue weighted by atomic mass is 10.1. The van der Waals surface area contributed by atoms with E-state index in [1.54, 1.807) is 47.1 Å². The molecule has 0 saturated heterocycles. The van der Waals surface area contributed by atoms with Gasteiger partial charge in [0.15, 0.2) is 17.1 Å². The number of nitrogens with zero attached hydrogens (tertiary/aromatic N) is 3. The maximum Gasteiger partial charge on any atom is 0.244 e. The molecule has 0 bridgehead atoms. The molecule has 33 heavy (non-hydrogen) atoms. The average molecular weight is 467 g/mol. The van der Waals surface area contributed by atoms with Crippen molar-refractivity contribution in [1.29, 1.82) is 0 Å². The Bertz CT molecular complexity index is 1480. The minimum Gasteiger partial charge on any atom is -0.495 e. The van der Waals surface area contributed by atoms with E-state index in [0.29, 0.717) is 22.7 Å². The van der Waals surface area contributed by atoms with Crippen LogP contribution in [0.1, 0.15) is 17.0 Å². The predicted molar refractivity (Wildman–Crippen MR) is 121 cm³/mol. The molecule has 1 aliphatic rings. The van der Waals surface area contributed by atoms with Crippen LogP contribution >= 0.6 is 0 Å². The molecule has 0 saturated carbocycles. The summed E-state index contributed by atoms with van der Waals surface area (Å²) in [5, 5.41) is 4.41. The normalized spacial score (nSPS) is 12.9. The van der Waals surface area contributed by atoms with Gasteiger partial charge in [0.1, 0.15) is 10.6 Å². The van der Waals surface area contributed by atoms with Gasteiger partial charge < -0.3 is 14.2 Å². The first-order chi connectivity index (χ1) is 15.9. The van der Waals surface area contributed by atoms with Crippen LogP contribution in [0.15, 0.2) is 53.6 Å². The third-order valence-electron chi connectivity index (χ3n) is 5.45. The predicted octanol–water partition coefficient (Wildman–Crippen LogP) is 3.23. The zero-order valence-electron chi connectivity index (χ0n) is 18.3. The molecule has 0 amide bonds. The van der Waals surface area contributed by atoms with Gasteiger partial charge in [-0.05, 0) is 55.3 Å². The van der Waals surface area contributed by atoms with E-state index in [-0.39, 0.29) is 24.0 Å². The molecule has 10 heteroatoms. The van der Waals surface area contributed by atoms with E-state index in [1.807, 2.05) is 19.9 Å². The third-order valence-corrected chi connectivity index (χ3v) is 6.87. The number of methoxy groups -OCH3 is 1. The van der Waals surface area contributed by atoms with Crippen LogP contribution < -0.4 is 18.9 Å². The Morgan fingerprint density at radius 3 is 2.73 bits per heavy atom. The Kier molecular flexibility index (Phi) is 5.18. The average Bonchev–Trinajstić information content (AvgIpc) is 3.44. The first kappa shape index (κ1) is 21.2. The Labute approximate surface area is 191 Å². The fourth-order valence-electron chi connectivity index (χ4n) is 3.84. The van der Waals surface area contributed by atoms with E-state index in [2.05, 4.69) is 14.8 Å². The lowest BCUT2D eigenvalue weighted by Crippen LogP contribution is -2.23. The molecule has 0 atom stereocenters. The van der Waals surface area contributed by atoms with Gasteiger partial charge in [-0.15, -0.1) is 0 Å². The number of aromatic nitrogens is 3. The van der Waals surface area contributed by atoms with E-state index in [0.717, 1.165) is 22.5 Å². The van der Waals surface area contributed by atoms with Crippen molar-refractivity contribution in [2.75, 3.05) is 13.9 Å². The second-order valence-electron chi connectivity index (χ2n) is 7.71. The summed E-state index contributed by atoms with van der Waals surface area (Å²) in [4.78, 5) is 4.63. The summed E-state index contributed by atoms with van der Waals surface area (Å²) in [5.41, 5.74) is 4.61. The minimum absolute atomic E-state index is 0.0342. The van der Waals surface area contributed by atoms with Gasteiger partial charge in [-0.2, -0.15) is 5.10 Å². The Hall–Kier alpha value is -3.63. The molecule has 2 aromatic heterocycles. The number of hydrogen-bond donors (Lipinski definition) is 1. The van der Waals surface area contributed by atoms with Gasteiger partial charge in [-0.3, -0.25) is 0 Å². The molecule has 0 spiro atoms. The van der Waals surface area contributed by atoms with Crippen LogP contribution in [0.5, 0.6) is 17.2 Å². The number of hydrogen-bond acceptors (Lipinski definition) is 7. The molecule has 2 aromatic carbocycles. The standard InChI is InChI=1S/C23H22N4O5S/c1-14-8-15(2)27-23(26-14)18(12-24-27)17-5-7-20(30-3)22(10-17)33(28,29)25-11-16-4-6-19-21(9-16)32-13-31-19/h4-10,12,25H,11,13H2,1-3H3. The lowest BCUT2D eigenvalue weighted by molar-refractivity contribution is 0.174. The van der Waals surface area contributed by atoms with Gasteiger partial charge in [-0.25, -0.2) is 22.6 Å². The SMILES string of the molecule is COc1ccc(-c2cnn3c(C)cc(C)nc23)cc1S(=O)(=O)NCc1ccc2c(c1)OCO2. The summed E-state index contributed by atoms with van der Waals surface area (Å²) < 4.78 is 46.9. The minimum atomic E-state index is -3.89. The van der Waals surface area contributed by atoms with Crippen molar-refractivity contribution in [3.63, 3.8) is 0 Å². The van der Waals surface area contributed by atoms with Crippen LogP contribution in [-0.4, -0.2) is 36.9 Å². The van der Waals surface area contributed by atoms with E-state index in [1.165, 1.54) is 7.11 Å². The first-order valence-electron chi connectivity index (χ1n) is 10.2. The van der Waals surface area contributed by atoms with Crippen LogP contribution in [0.2, 0.25) is 0 Å². The highest BCUT2D eigenvalue weighted by molar-refractivity contribution is 7.89. The third kappa shape index (κ3) is 3.87. The van der Waals surface area contributed by atoms with Crippen molar-refractivity contribution in [1.82, 2.24) is 19.3 Å². The summed E-state index contributed by atoms with van der Waals surface area (Å²) in [6, 6.07) is 12.3. The topological polar surface area (TPSA) is 104 Å². The largest absolute Gasteiger partial charge is 0.495 e. The highest BCUT2D eigenvalue weighted by Crippen LogP contribution is 2.34. The fraction of sp³-hybridized carbons (Fsp3) is 0.217. The van der Waals surface area contributed by atoms with Crippen LogP contribution in [-0.2, 0) is 16.6 Å². The molecule has 0 fully saturated rings. The number of ether oxygens (including phenoxy) is 3. The summed E-state index contributed by atoms with van der Waals surface area (Å²) >= 11 is 0. The van der Waals surface area contributed by atoms with E-state index < -0.39 is 10.0 Å². The van der Waals surface area contributed by atoms with E-state index in [4.69, 9.17) is 14.2 Å². The molecule has 0 radical (unpaired) electrons. The number of benzene rings is 2. The molecule has 4 aromatic rings. The lowest BCUT2D eigenvalue weighted by Gasteiger charge is -2.13. The van der Waals surface area contributed by atoms with Crippen molar-refractivity contribution >= 4 is 15.7 Å². The van der Waals surface area contributed by atoms with Gasteiger partial charge in [0.25, 0.3) is 0 Å². The van der Waals surface area contributed by atoms with Gasteiger partial charge in [0.05, 0.1) is 13.3 Å². The molecular weight excluding hydrogens is 444 g/mol. The van der Waals surface area contributed by atoms with Gasteiger partial charge in [-0.1, -0.05) is 12.1 Å².